The van der Waals surface area contributed by atoms with Crippen LogP contribution in [0.3, 0.4) is 0 Å². The number of carbonyl (C=O) groups excluding carboxylic acids is 1. The third-order valence-corrected chi connectivity index (χ3v) is 4.67. The number of nitrogens with one attached hydrogen (secondary N) is 1. The van der Waals surface area contributed by atoms with Crippen molar-refractivity contribution in [3.63, 3.8) is 0 Å². The highest BCUT2D eigenvalue weighted by Crippen LogP contribution is 2.28. The second kappa shape index (κ2) is 7.49. The summed E-state index contributed by atoms with van der Waals surface area (Å²) in [6, 6.07) is -0.499. The Morgan fingerprint density at radius 1 is 1.28 bits per heavy atom. The topological polar surface area (TPSA) is 72.2 Å². The number of rotatable bonds is 4. The Bertz CT molecular complexity index is 655. The van der Waals surface area contributed by atoms with E-state index >= 15 is 0 Å². The molecule has 1 fully saturated rings. The van der Waals surface area contributed by atoms with Crippen LogP contribution in [0.1, 0.15) is 51.4 Å². The van der Waals surface area contributed by atoms with Gasteiger partial charge in [-0.3, -0.25) is 4.57 Å². The predicted molar refractivity (Wildman–Crippen MR) is 85.2 cm³/mol. The van der Waals surface area contributed by atoms with Gasteiger partial charge in [0, 0.05) is 26.2 Å². The summed E-state index contributed by atoms with van der Waals surface area (Å²) in [4.78, 5) is 25.9. The molecule has 0 unspecified atom stereocenters. The Morgan fingerprint density at radius 2 is 1.84 bits per heavy atom. The van der Waals surface area contributed by atoms with Crippen LogP contribution in [0.25, 0.3) is 0 Å². The zero-order chi connectivity index (χ0) is 18.8. The molecule has 1 aliphatic rings. The van der Waals surface area contributed by atoms with E-state index in [0.29, 0.717) is 30.5 Å². The van der Waals surface area contributed by atoms with E-state index in [1.807, 2.05) is 13.8 Å². The molecule has 0 aliphatic carbocycles. The van der Waals surface area contributed by atoms with Gasteiger partial charge in [-0.15, -0.1) is 5.10 Å². The Labute approximate surface area is 143 Å². The SMILES string of the molecule is CCC(CC)NC(=O)N1CCC(n2nc(C(F)(F)F)n(C)c2=O)CC1. The highest BCUT2D eigenvalue weighted by molar-refractivity contribution is 5.74. The van der Waals surface area contributed by atoms with Crippen LogP contribution in [-0.4, -0.2) is 44.4 Å². The summed E-state index contributed by atoms with van der Waals surface area (Å²) < 4.78 is 40.0. The third-order valence-electron chi connectivity index (χ3n) is 4.67. The molecular weight excluding hydrogens is 339 g/mol. The number of alkyl halides is 3. The molecular formula is C15H24F3N5O2. The molecule has 1 aromatic rings. The van der Waals surface area contributed by atoms with Crippen LogP contribution in [0.15, 0.2) is 4.79 Å². The normalized spacial score (nSPS) is 16.5. The molecule has 7 nitrogen and oxygen atoms in total. The maximum atomic E-state index is 12.9. The van der Waals surface area contributed by atoms with Crippen molar-refractivity contribution in [2.45, 2.75) is 57.8 Å². The molecule has 1 N–H and O–H groups in total. The van der Waals surface area contributed by atoms with Crippen molar-refractivity contribution in [3.8, 4) is 0 Å². The Hall–Kier alpha value is -2.00. The van der Waals surface area contributed by atoms with Crippen molar-refractivity contribution in [1.82, 2.24) is 24.6 Å². The quantitative estimate of drug-likeness (QED) is 0.891. The maximum Gasteiger partial charge on any atom is 0.451 e. The number of amides is 2. The monoisotopic (exact) mass is 363 g/mol. The molecule has 2 heterocycles. The number of hydrogen-bond acceptors (Lipinski definition) is 3. The molecule has 1 aromatic heterocycles. The van der Waals surface area contributed by atoms with Crippen molar-refractivity contribution < 1.29 is 18.0 Å². The molecule has 142 valence electrons. The van der Waals surface area contributed by atoms with Crippen molar-refractivity contribution >= 4 is 6.03 Å². The summed E-state index contributed by atoms with van der Waals surface area (Å²) >= 11 is 0. The Kier molecular flexibility index (Phi) is 5.79. The summed E-state index contributed by atoms with van der Waals surface area (Å²) in [5.41, 5.74) is -0.785. The van der Waals surface area contributed by atoms with Crippen molar-refractivity contribution in [2.24, 2.45) is 7.05 Å². The summed E-state index contributed by atoms with van der Waals surface area (Å²) in [6.45, 7) is 4.74. The van der Waals surface area contributed by atoms with Gasteiger partial charge in [-0.25, -0.2) is 14.3 Å². The van der Waals surface area contributed by atoms with E-state index in [0.717, 1.165) is 24.6 Å². The van der Waals surface area contributed by atoms with Crippen LogP contribution < -0.4 is 11.0 Å². The average molecular weight is 363 g/mol. The number of likely N-dealkylation sites (tertiary alicyclic amines) is 1. The molecule has 0 atom stereocenters. The Balaban J connectivity index is 2.03. The molecule has 0 bridgehead atoms. The zero-order valence-corrected chi connectivity index (χ0v) is 14.6. The van der Waals surface area contributed by atoms with Gasteiger partial charge in [-0.05, 0) is 25.7 Å². The largest absolute Gasteiger partial charge is 0.451 e. The number of halogens is 3. The standard InChI is InChI=1S/C15H24F3N5O2/c1-4-10(5-2)19-13(24)22-8-6-11(7-9-22)23-14(25)21(3)12(20-23)15(16,17)18/h10-11H,4-9H2,1-3H3,(H,19,24). The first-order valence-electron chi connectivity index (χ1n) is 8.47. The molecule has 0 radical (unpaired) electrons. The third kappa shape index (κ3) is 4.16. The molecule has 25 heavy (non-hydrogen) atoms. The van der Waals surface area contributed by atoms with Gasteiger partial charge in [0.25, 0.3) is 0 Å². The Morgan fingerprint density at radius 3 is 2.28 bits per heavy atom. The lowest BCUT2D eigenvalue weighted by Crippen LogP contribution is -2.48. The van der Waals surface area contributed by atoms with Gasteiger partial charge in [0.05, 0.1) is 6.04 Å². The number of carbonyl (C=O) groups is 1. The van der Waals surface area contributed by atoms with E-state index in [-0.39, 0.29) is 12.1 Å². The van der Waals surface area contributed by atoms with Gasteiger partial charge < -0.3 is 10.2 Å². The first kappa shape index (κ1) is 19.3. The van der Waals surface area contributed by atoms with Crippen LogP contribution in [0.5, 0.6) is 0 Å². The minimum absolute atomic E-state index is 0.109. The minimum Gasteiger partial charge on any atom is -0.335 e. The van der Waals surface area contributed by atoms with Gasteiger partial charge in [-0.2, -0.15) is 13.2 Å². The number of piperidine rings is 1. The van der Waals surface area contributed by atoms with E-state index in [9.17, 15) is 22.8 Å². The maximum absolute atomic E-state index is 12.9. The van der Waals surface area contributed by atoms with Crippen LogP contribution in [0.2, 0.25) is 0 Å². The fourth-order valence-electron chi connectivity index (χ4n) is 3.01. The molecule has 0 spiro atoms. The lowest BCUT2D eigenvalue weighted by atomic mass is 10.1. The summed E-state index contributed by atoms with van der Waals surface area (Å²) in [7, 11) is 1.06. The van der Waals surface area contributed by atoms with E-state index in [1.54, 1.807) is 4.90 Å². The van der Waals surface area contributed by atoms with Gasteiger partial charge >= 0.3 is 17.9 Å². The van der Waals surface area contributed by atoms with Gasteiger partial charge in [0.1, 0.15) is 0 Å². The van der Waals surface area contributed by atoms with Crippen LogP contribution in [0.4, 0.5) is 18.0 Å². The lowest BCUT2D eigenvalue weighted by molar-refractivity contribution is -0.147. The first-order chi connectivity index (χ1) is 11.7. The number of hydrogen-bond donors (Lipinski definition) is 1. The van der Waals surface area contributed by atoms with E-state index < -0.39 is 23.7 Å². The summed E-state index contributed by atoms with van der Waals surface area (Å²) in [5, 5.41) is 6.41. The molecule has 2 amide bonds. The minimum atomic E-state index is -4.67. The second-order valence-electron chi connectivity index (χ2n) is 6.29. The van der Waals surface area contributed by atoms with Crippen molar-refractivity contribution in [2.75, 3.05) is 13.1 Å². The van der Waals surface area contributed by atoms with Crippen molar-refractivity contribution in [3.05, 3.63) is 16.3 Å². The van der Waals surface area contributed by atoms with Crippen molar-refractivity contribution in [1.29, 1.82) is 0 Å². The van der Waals surface area contributed by atoms with Crippen LogP contribution >= 0.6 is 0 Å². The second-order valence-corrected chi connectivity index (χ2v) is 6.29. The summed E-state index contributed by atoms with van der Waals surface area (Å²) in [6.07, 6.45) is -2.21. The lowest BCUT2D eigenvalue weighted by Gasteiger charge is -2.32. The van der Waals surface area contributed by atoms with Gasteiger partial charge in [0.15, 0.2) is 0 Å². The van der Waals surface area contributed by atoms with E-state index in [4.69, 9.17) is 0 Å². The van der Waals surface area contributed by atoms with Gasteiger partial charge in [-0.1, -0.05) is 13.8 Å². The smallest absolute Gasteiger partial charge is 0.335 e. The molecule has 1 aliphatic heterocycles. The number of urea groups is 1. The first-order valence-corrected chi connectivity index (χ1v) is 8.47. The van der Waals surface area contributed by atoms with E-state index in [1.165, 1.54) is 0 Å². The molecule has 1 saturated heterocycles. The highest BCUT2D eigenvalue weighted by Gasteiger charge is 2.39. The molecule has 0 aromatic carbocycles. The number of nitrogens with zero attached hydrogens (tertiary/aromatic N) is 4. The van der Waals surface area contributed by atoms with E-state index in [2.05, 4.69) is 10.4 Å². The molecule has 2 rings (SSSR count). The predicted octanol–water partition coefficient (Wildman–Crippen LogP) is 2.14. The summed E-state index contributed by atoms with van der Waals surface area (Å²) in [5.74, 6) is -1.20. The van der Waals surface area contributed by atoms with Crippen LogP contribution in [-0.2, 0) is 13.2 Å². The van der Waals surface area contributed by atoms with Crippen LogP contribution in [0, 0.1) is 0 Å². The highest BCUT2D eigenvalue weighted by atomic mass is 19.4. The van der Waals surface area contributed by atoms with Gasteiger partial charge in [0.2, 0.25) is 5.82 Å². The molecule has 0 saturated carbocycles. The fraction of sp³-hybridized carbons (Fsp3) is 0.800. The number of aromatic nitrogens is 3. The average Bonchev–Trinajstić information content (AvgIpc) is 2.88. The molecule has 10 heteroatoms. The fourth-order valence-corrected chi connectivity index (χ4v) is 3.01. The zero-order valence-electron chi connectivity index (χ0n) is 14.6.